The average Bonchev–Trinajstić information content (AvgIpc) is 3.61. The van der Waals surface area contributed by atoms with Gasteiger partial charge in [0.05, 0.1) is 19.4 Å². The maximum absolute atomic E-state index is 5.86. The number of anilines is 1. The zero-order chi connectivity index (χ0) is 23.5. The average molecular weight is 460 g/mol. The molecule has 1 aromatic carbocycles. The van der Waals surface area contributed by atoms with E-state index in [1.165, 1.54) is 18.4 Å². The Morgan fingerprint density at radius 3 is 2.53 bits per heavy atom. The Kier molecular flexibility index (Phi) is 6.37. The van der Waals surface area contributed by atoms with Gasteiger partial charge < -0.3 is 15.2 Å². The maximum atomic E-state index is 5.86. The van der Waals surface area contributed by atoms with Crippen molar-refractivity contribution in [3.63, 3.8) is 0 Å². The van der Waals surface area contributed by atoms with Crippen LogP contribution in [0.5, 0.6) is 11.6 Å². The Morgan fingerprint density at radius 1 is 1.06 bits per heavy atom. The number of benzene rings is 1. The van der Waals surface area contributed by atoms with Gasteiger partial charge >= 0.3 is 0 Å². The van der Waals surface area contributed by atoms with E-state index in [2.05, 4.69) is 51.3 Å². The fraction of sp³-hybridized carbons (Fsp3) is 0.444. The van der Waals surface area contributed by atoms with Gasteiger partial charge in [0, 0.05) is 41.3 Å². The molecular weight excluding hydrogens is 426 g/mol. The quantitative estimate of drug-likeness (QED) is 0.523. The van der Waals surface area contributed by atoms with Gasteiger partial charge in [0.1, 0.15) is 11.6 Å². The van der Waals surface area contributed by atoms with Gasteiger partial charge in [-0.15, -0.1) is 5.10 Å². The fourth-order valence-electron chi connectivity index (χ4n) is 4.52. The molecule has 0 radical (unpaired) electrons. The second-order valence-electron chi connectivity index (χ2n) is 9.95. The van der Waals surface area contributed by atoms with Gasteiger partial charge in [-0.3, -0.25) is 4.90 Å². The number of ether oxygens (including phenoxy) is 2. The lowest BCUT2D eigenvalue weighted by Crippen LogP contribution is -2.32. The van der Waals surface area contributed by atoms with Crippen molar-refractivity contribution < 1.29 is 9.47 Å². The van der Waals surface area contributed by atoms with E-state index < -0.39 is 0 Å². The van der Waals surface area contributed by atoms with Gasteiger partial charge in [-0.2, -0.15) is 5.10 Å². The highest BCUT2D eigenvalue weighted by Gasteiger charge is 2.38. The van der Waals surface area contributed by atoms with Gasteiger partial charge in [-0.1, -0.05) is 19.1 Å². The third kappa shape index (κ3) is 5.30. The van der Waals surface area contributed by atoms with Crippen molar-refractivity contribution >= 4 is 5.82 Å². The largest absolute Gasteiger partial charge is 0.496 e. The third-order valence-corrected chi connectivity index (χ3v) is 7.10. The molecule has 2 aromatic heterocycles. The number of likely N-dealkylation sites (tertiary alicyclic amines) is 1. The molecule has 178 valence electrons. The first kappa shape index (κ1) is 22.6. The van der Waals surface area contributed by atoms with Gasteiger partial charge in [0.15, 0.2) is 0 Å². The Bertz CT molecular complexity index is 1100. The van der Waals surface area contributed by atoms with Crippen molar-refractivity contribution in [1.82, 2.24) is 20.1 Å². The molecule has 0 amide bonds. The van der Waals surface area contributed by atoms with Crippen LogP contribution in [0.25, 0.3) is 11.1 Å². The molecule has 1 saturated carbocycles. The normalized spacial score (nSPS) is 17.9. The van der Waals surface area contributed by atoms with E-state index in [0.717, 1.165) is 61.7 Å². The summed E-state index contributed by atoms with van der Waals surface area (Å²) in [4.78, 5) is 7.00. The molecule has 2 fully saturated rings. The molecule has 0 unspecified atom stereocenters. The molecule has 2 aliphatic rings. The number of nitrogens with zero attached hydrogens (tertiary/aromatic N) is 4. The summed E-state index contributed by atoms with van der Waals surface area (Å²) < 4.78 is 11.6. The van der Waals surface area contributed by atoms with Crippen LogP contribution in [-0.4, -0.2) is 46.9 Å². The molecule has 3 aromatic rings. The fourth-order valence-corrected chi connectivity index (χ4v) is 4.52. The first-order chi connectivity index (χ1) is 16.5. The molecule has 3 heterocycles. The number of methoxy groups -OCH3 is 1. The topological polar surface area (TPSA) is 86.4 Å². The zero-order valence-corrected chi connectivity index (χ0v) is 20.0. The van der Waals surface area contributed by atoms with Gasteiger partial charge in [-0.05, 0) is 68.6 Å². The summed E-state index contributed by atoms with van der Waals surface area (Å²) >= 11 is 0. The molecule has 1 aliphatic carbocycles. The van der Waals surface area contributed by atoms with Crippen molar-refractivity contribution in [1.29, 1.82) is 0 Å². The van der Waals surface area contributed by atoms with Gasteiger partial charge in [-0.25, -0.2) is 4.98 Å². The first-order valence-electron chi connectivity index (χ1n) is 12.1. The summed E-state index contributed by atoms with van der Waals surface area (Å²) in [5.41, 5.74) is 10.4. The number of hydrogen-bond acceptors (Lipinski definition) is 7. The first-order valence-corrected chi connectivity index (χ1v) is 12.1. The lowest BCUT2D eigenvalue weighted by atomic mass is 9.93. The minimum absolute atomic E-state index is 0.346. The lowest BCUT2D eigenvalue weighted by Gasteiger charge is -2.31. The van der Waals surface area contributed by atoms with E-state index in [1.54, 1.807) is 7.11 Å². The van der Waals surface area contributed by atoms with Crippen molar-refractivity contribution in [3.05, 3.63) is 59.9 Å². The third-order valence-electron chi connectivity index (χ3n) is 7.10. The molecule has 0 atom stereocenters. The minimum Gasteiger partial charge on any atom is -0.496 e. The van der Waals surface area contributed by atoms with Crippen LogP contribution in [0.3, 0.4) is 0 Å². The van der Waals surface area contributed by atoms with Crippen LogP contribution in [0.4, 0.5) is 5.82 Å². The summed E-state index contributed by atoms with van der Waals surface area (Å²) in [5, 5.41) is 8.29. The Labute approximate surface area is 201 Å². The van der Waals surface area contributed by atoms with E-state index in [1.807, 2.05) is 24.4 Å². The number of nitrogen functional groups attached to an aromatic ring is 1. The van der Waals surface area contributed by atoms with E-state index in [0.29, 0.717) is 23.0 Å². The Hall–Kier alpha value is -3.19. The van der Waals surface area contributed by atoms with Crippen LogP contribution in [-0.2, 0) is 6.54 Å². The van der Waals surface area contributed by atoms with Crippen LogP contribution in [0.2, 0.25) is 0 Å². The highest BCUT2D eigenvalue weighted by atomic mass is 16.5. The molecule has 5 rings (SSSR count). The number of aromatic nitrogens is 3. The van der Waals surface area contributed by atoms with Crippen LogP contribution in [0.15, 0.2) is 48.7 Å². The lowest BCUT2D eigenvalue weighted by molar-refractivity contribution is 0.203. The van der Waals surface area contributed by atoms with Crippen LogP contribution >= 0.6 is 0 Å². The van der Waals surface area contributed by atoms with Crippen LogP contribution < -0.4 is 15.2 Å². The predicted molar refractivity (Wildman–Crippen MR) is 133 cm³/mol. The standard InChI is InChI=1S/C27H33N5O2/c1-27(11-12-27)18-34-26-8-4-21(16-29-26)22-5-3-19(15-24(22)33-2)17-32-13-9-20(10-14-32)23-6-7-25(28)31-30-23/h3-8,15-16,20H,9-14,17-18H2,1-2H3,(H2,28,31). The van der Waals surface area contributed by atoms with Gasteiger partial charge in [0.25, 0.3) is 0 Å². The van der Waals surface area contributed by atoms with E-state index >= 15 is 0 Å². The molecule has 0 bridgehead atoms. The predicted octanol–water partition coefficient (Wildman–Crippen LogP) is 4.69. The summed E-state index contributed by atoms with van der Waals surface area (Å²) in [5.74, 6) is 2.47. The number of piperidine rings is 1. The van der Waals surface area contributed by atoms with Crippen molar-refractivity contribution in [3.8, 4) is 22.8 Å². The summed E-state index contributed by atoms with van der Waals surface area (Å²) in [7, 11) is 1.73. The molecule has 2 N–H and O–H groups in total. The van der Waals surface area contributed by atoms with Crippen LogP contribution in [0.1, 0.15) is 49.8 Å². The Balaban J connectivity index is 1.19. The molecule has 0 spiro atoms. The number of rotatable bonds is 8. The van der Waals surface area contributed by atoms with Crippen molar-refractivity contribution in [2.75, 3.05) is 32.5 Å². The van der Waals surface area contributed by atoms with E-state index in [-0.39, 0.29) is 0 Å². The van der Waals surface area contributed by atoms with Crippen LogP contribution in [0, 0.1) is 5.41 Å². The van der Waals surface area contributed by atoms with Gasteiger partial charge in [0.2, 0.25) is 5.88 Å². The van der Waals surface area contributed by atoms with E-state index in [9.17, 15) is 0 Å². The van der Waals surface area contributed by atoms with Crippen molar-refractivity contribution in [2.24, 2.45) is 5.41 Å². The minimum atomic E-state index is 0.346. The van der Waals surface area contributed by atoms with Crippen molar-refractivity contribution in [2.45, 2.75) is 45.1 Å². The number of nitrogens with two attached hydrogens (primary N) is 1. The zero-order valence-electron chi connectivity index (χ0n) is 20.0. The SMILES string of the molecule is COc1cc(CN2CCC(c3ccc(N)nn3)CC2)ccc1-c1ccc(OCC2(C)CC2)nc1. The molecular formula is C27H33N5O2. The number of pyridine rings is 1. The monoisotopic (exact) mass is 459 g/mol. The smallest absolute Gasteiger partial charge is 0.213 e. The Morgan fingerprint density at radius 2 is 1.88 bits per heavy atom. The van der Waals surface area contributed by atoms with E-state index in [4.69, 9.17) is 15.2 Å². The highest BCUT2D eigenvalue weighted by Crippen LogP contribution is 2.45. The summed E-state index contributed by atoms with van der Waals surface area (Å²) in [6, 6.07) is 14.3. The highest BCUT2D eigenvalue weighted by molar-refractivity contribution is 5.70. The molecule has 7 heteroatoms. The summed E-state index contributed by atoms with van der Waals surface area (Å²) in [6.07, 6.45) is 6.50. The molecule has 34 heavy (non-hydrogen) atoms. The second kappa shape index (κ2) is 9.58. The molecule has 1 saturated heterocycles. The molecule has 1 aliphatic heterocycles. The molecule has 7 nitrogen and oxygen atoms in total. The maximum Gasteiger partial charge on any atom is 0.213 e. The number of hydrogen-bond donors (Lipinski definition) is 1. The summed E-state index contributed by atoms with van der Waals surface area (Å²) in [6.45, 7) is 5.96. The second-order valence-corrected chi connectivity index (χ2v) is 9.95.